The molecule has 1 aliphatic carbocycles. The van der Waals surface area contributed by atoms with Crippen molar-refractivity contribution in [2.75, 3.05) is 26.2 Å². The van der Waals surface area contributed by atoms with E-state index in [1.165, 1.54) is 0 Å². The van der Waals surface area contributed by atoms with E-state index in [0.717, 1.165) is 34.9 Å². The van der Waals surface area contributed by atoms with E-state index in [9.17, 15) is 9.59 Å². The standard InChI is InChI=1S/C23H25N5O2/c1-26-15-19-7-6-18(14-20(19)25-26)16-2-4-17(5-3-16)21(29)27-10-12-28(13-11-27)22(30)23(24)8-9-23/h2-7,14-15H,8-13,24H2,1H3. The number of carbonyl (C=O) groups excluding carboxylic acids is 2. The third-order valence-corrected chi connectivity index (χ3v) is 6.16. The predicted octanol–water partition coefficient (Wildman–Crippen LogP) is 2.02. The van der Waals surface area contributed by atoms with Gasteiger partial charge in [0.2, 0.25) is 5.91 Å². The summed E-state index contributed by atoms with van der Waals surface area (Å²) in [5.41, 5.74) is 9.12. The smallest absolute Gasteiger partial charge is 0.253 e. The van der Waals surface area contributed by atoms with Crippen LogP contribution in [0.1, 0.15) is 23.2 Å². The van der Waals surface area contributed by atoms with Crippen molar-refractivity contribution in [3.05, 3.63) is 54.2 Å². The summed E-state index contributed by atoms with van der Waals surface area (Å²) in [5.74, 6) is 0.0338. The summed E-state index contributed by atoms with van der Waals surface area (Å²) in [6.07, 6.45) is 3.53. The van der Waals surface area contributed by atoms with Crippen molar-refractivity contribution in [1.82, 2.24) is 19.6 Å². The lowest BCUT2D eigenvalue weighted by atomic mass is 10.0. The Bertz CT molecular complexity index is 1120. The van der Waals surface area contributed by atoms with Crippen LogP contribution in [0.5, 0.6) is 0 Å². The molecule has 154 valence electrons. The third kappa shape index (κ3) is 3.35. The van der Waals surface area contributed by atoms with Gasteiger partial charge in [-0.3, -0.25) is 14.3 Å². The second-order valence-electron chi connectivity index (χ2n) is 8.39. The highest BCUT2D eigenvalue weighted by atomic mass is 16.2. The Hall–Kier alpha value is -3.19. The average Bonchev–Trinajstić information content (AvgIpc) is 3.41. The molecule has 0 atom stereocenters. The van der Waals surface area contributed by atoms with Crippen LogP contribution in [0, 0.1) is 0 Å². The van der Waals surface area contributed by atoms with Gasteiger partial charge < -0.3 is 15.5 Å². The molecule has 1 saturated carbocycles. The Labute approximate surface area is 175 Å². The summed E-state index contributed by atoms with van der Waals surface area (Å²) >= 11 is 0. The largest absolute Gasteiger partial charge is 0.338 e. The molecule has 0 spiro atoms. The average molecular weight is 403 g/mol. The molecular formula is C23H25N5O2. The fraction of sp³-hybridized carbons (Fsp3) is 0.348. The molecule has 5 rings (SSSR count). The molecule has 1 aliphatic heterocycles. The molecule has 2 heterocycles. The zero-order valence-corrected chi connectivity index (χ0v) is 17.0. The number of amides is 2. The molecule has 0 bridgehead atoms. The Balaban J connectivity index is 1.26. The first-order chi connectivity index (χ1) is 14.4. The molecule has 7 heteroatoms. The number of piperazine rings is 1. The van der Waals surface area contributed by atoms with E-state index in [1.807, 2.05) is 47.1 Å². The maximum Gasteiger partial charge on any atom is 0.253 e. The fourth-order valence-corrected chi connectivity index (χ4v) is 4.08. The minimum Gasteiger partial charge on any atom is -0.338 e. The maximum atomic E-state index is 12.9. The molecule has 1 aromatic heterocycles. The van der Waals surface area contributed by atoms with Crippen LogP contribution in [0.25, 0.3) is 22.0 Å². The maximum absolute atomic E-state index is 12.9. The molecule has 2 aliphatic rings. The number of rotatable bonds is 3. The summed E-state index contributed by atoms with van der Waals surface area (Å²) in [5, 5.41) is 5.57. The van der Waals surface area contributed by atoms with Crippen molar-refractivity contribution >= 4 is 22.7 Å². The van der Waals surface area contributed by atoms with Gasteiger partial charge in [-0.15, -0.1) is 0 Å². The van der Waals surface area contributed by atoms with E-state index in [2.05, 4.69) is 23.3 Å². The van der Waals surface area contributed by atoms with Crippen LogP contribution in [0.15, 0.2) is 48.7 Å². The highest BCUT2D eigenvalue weighted by molar-refractivity contribution is 5.95. The van der Waals surface area contributed by atoms with Gasteiger partial charge in [-0.1, -0.05) is 24.3 Å². The van der Waals surface area contributed by atoms with Gasteiger partial charge in [-0.05, 0) is 42.2 Å². The Morgan fingerprint density at radius 2 is 1.57 bits per heavy atom. The van der Waals surface area contributed by atoms with Crippen LogP contribution < -0.4 is 5.73 Å². The molecule has 1 saturated heterocycles. The van der Waals surface area contributed by atoms with Gasteiger partial charge in [0.15, 0.2) is 0 Å². The Morgan fingerprint density at radius 3 is 2.23 bits per heavy atom. The van der Waals surface area contributed by atoms with Crippen molar-refractivity contribution in [3.8, 4) is 11.1 Å². The number of hydrogen-bond donors (Lipinski definition) is 1. The quantitative estimate of drug-likeness (QED) is 0.725. The topological polar surface area (TPSA) is 84.5 Å². The lowest BCUT2D eigenvalue weighted by molar-refractivity contribution is -0.135. The normalized spacial score (nSPS) is 17.9. The van der Waals surface area contributed by atoms with E-state index in [4.69, 9.17) is 5.73 Å². The highest BCUT2D eigenvalue weighted by Crippen LogP contribution is 2.34. The molecular weight excluding hydrogens is 378 g/mol. The van der Waals surface area contributed by atoms with Crippen LogP contribution >= 0.6 is 0 Å². The van der Waals surface area contributed by atoms with Gasteiger partial charge in [0, 0.05) is 50.4 Å². The van der Waals surface area contributed by atoms with Crippen molar-refractivity contribution in [3.63, 3.8) is 0 Å². The van der Waals surface area contributed by atoms with Gasteiger partial charge in [-0.25, -0.2) is 0 Å². The first-order valence-electron chi connectivity index (χ1n) is 10.3. The number of nitrogens with two attached hydrogens (primary N) is 1. The second-order valence-corrected chi connectivity index (χ2v) is 8.39. The molecule has 30 heavy (non-hydrogen) atoms. The van der Waals surface area contributed by atoms with E-state index >= 15 is 0 Å². The van der Waals surface area contributed by atoms with E-state index in [0.29, 0.717) is 31.7 Å². The van der Waals surface area contributed by atoms with Crippen LogP contribution in [0.3, 0.4) is 0 Å². The van der Waals surface area contributed by atoms with Crippen LogP contribution in [0.4, 0.5) is 0 Å². The first kappa shape index (κ1) is 18.8. The van der Waals surface area contributed by atoms with Crippen LogP contribution in [-0.4, -0.2) is 63.1 Å². The van der Waals surface area contributed by atoms with Gasteiger partial charge in [0.1, 0.15) is 0 Å². The van der Waals surface area contributed by atoms with Gasteiger partial charge in [0.05, 0.1) is 11.1 Å². The number of hydrogen-bond acceptors (Lipinski definition) is 4. The fourth-order valence-electron chi connectivity index (χ4n) is 4.08. The number of carbonyl (C=O) groups is 2. The van der Waals surface area contributed by atoms with Crippen LogP contribution in [0.2, 0.25) is 0 Å². The van der Waals surface area contributed by atoms with E-state index in [1.54, 1.807) is 4.90 Å². The van der Waals surface area contributed by atoms with Gasteiger partial charge >= 0.3 is 0 Å². The summed E-state index contributed by atoms with van der Waals surface area (Å²) < 4.78 is 1.81. The van der Waals surface area contributed by atoms with E-state index < -0.39 is 5.54 Å². The number of nitrogens with zero attached hydrogens (tertiary/aromatic N) is 4. The molecule has 0 unspecified atom stereocenters. The molecule has 0 radical (unpaired) electrons. The zero-order chi connectivity index (χ0) is 20.9. The molecule has 7 nitrogen and oxygen atoms in total. The number of aryl methyl sites for hydroxylation is 1. The molecule has 3 aromatic rings. The van der Waals surface area contributed by atoms with Crippen molar-refractivity contribution < 1.29 is 9.59 Å². The van der Waals surface area contributed by atoms with Crippen molar-refractivity contribution in [2.24, 2.45) is 12.8 Å². The Kier molecular flexibility index (Phi) is 4.36. The lowest BCUT2D eigenvalue weighted by Gasteiger charge is -2.36. The predicted molar refractivity (Wildman–Crippen MR) is 115 cm³/mol. The van der Waals surface area contributed by atoms with Crippen molar-refractivity contribution in [1.29, 1.82) is 0 Å². The summed E-state index contributed by atoms with van der Waals surface area (Å²) in [7, 11) is 1.91. The summed E-state index contributed by atoms with van der Waals surface area (Å²) in [6, 6.07) is 13.9. The third-order valence-electron chi connectivity index (χ3n) is 6.16. The molecule has 2 N–H and O–H groups in total. The van der Waals surface area contributed by atoms with Crippen LogP contribution in [-0.2, 0) is 11.8 Å². The van der Waals surface area contributed by atoms with Crippen molar-refractivity contribution in [2.45, 2.75) is 18.4 Å². The SMILES string of the molecule is Cn1cc2ccc(-c3ccc(C(=O)N4CCN(C(=O)C5(N)CC5)CC4)cc3)cc2n1. The summed E-state index contributed by atoms with van der Waals surface area (Å²) in [6.45, 7) is 2.18. The number of fused-ring (bicyclic) bond motifs is 1. The number of aromatic nitrogens is 2. The van der Waals surface area contributed by atoms with Gasteiger partial charge in [-0.2, -0.15) is 5.10 Å². The molecule has 2 fully saturated rings. The molecule has 2 amide bonds. The first-order valence-corrected chi connectivity index (χ1v) is 10.3. The highest BCUT2D eigenvalue weighted by Gasteiger charge is 2.48. The van der Waals surface area contributed by atoms with E-state index in [-0.39, 0.29) is 11.8 Å². The Morgan fingerprint density at radius 1 is 0.933 bits per heavy atom. The zero-order valence-electron chi connectivity index (χ0n) is 17.0. The lowest BCUT2D eigenvalue weighted by Crippen LogP contribution is -2.55. The monoisotopic (exact) mass is 403 g/mol. The minimum atomic E-state index is -0.639. The second kappa shape index (κ2) is 6.95. The molecule has 2 aromatic carbocycles. The minimum absolute atomic E-state index is 0.00251. The van der Waals surface area contributed by atoms with Gasteiger partial charge in [0.25, 0.3) is 5.91 Å². The number of benzene rings is 2. The summed E-state index contributed by atoms with van der Waals surface area (Å²) in [4.78, 5) is 28.9.